The number of carbonyl (C=O) groups is 1. The van der Waals surface area contributed by atoms with Crippen molar-refractivity contribution in [2.45, 2.75) is 89.6 Å². The Morgan fingerprint density at radius 1 is 1.24 bits per heavy atom. The van der Waals surface area contributed by atoms with Gasteiger partial charge in [-0.05, 0) is 59.8 Å². The van der Waals surface area contributed by atoms with Crippen LogP contribution in [-0.2, 0) is 9.47 Å². The monoisotopic (exact) mass is 298 g/mol. The van der Waals surface area contributed by atoms with Crippen molar-refractivity contribution in [3.05, 3.63) is 0 Å². The second-order valence-electron chi connectivity index (χ2n) is 7.36. The van der Waals surface area contributed by atoms with Gasteiger partial charge in [0.25, 0.3) is 0 Å². The summed E-state index contributed by atoms with van der Waals surface area (Å²) in [6.45, 7) is 8.74. The van der Waals surface area contributed by atoms with Crippen LogP contribution in [0.15, 0.2) is 0 Å². The van der Waals surface area contributed by atoms with E-state index in [2.05, 4.69) is 17.6 Å². The fourth-order valence-corrected chi connectivity index (χ4v) is 3.21. The summed E-state index contributed by atoms with van der Waals surface area (Å²) >= 11 is 0. The molecule has 1 aliphatic carbocycles. The lowest BCUT2D eigenvalue weighted by atomic mass is 10.1. The number of hydrogen-bond acceptors (Lipinski definition) is 4. The van der Waals surface area contributed by atoms with E-state index in [0.717, 1.165) is 32.3 Å². The van der Waals surface area contributed by atoms with E-state index in [9.17, 15) is 4.79 Å². The fourth-order valence-electron chi connectivity index (χ4n) is 3.21. The maximum absolute atomic E-state index is 11.8. The van der Waals surface area contributed by atoms with Gasteiger partial charge in [-0.2, -0.15) is 0 Å². The van der Waals surface area contributed by atoms with Crippen molar-refractivity contribution in [3.63, 3.8) is 0 Å². The molecular weight excluding hydrogens is 268 g/mol. The maximum atomic E-state index is 11.8. The molecule has 0 radical (unpaired) electrons. The van der Waals surface area contributed by atoms with Crippen LogP contribution in [0.25, 0.3) is 0 Å². The first-order valence-electron chi connectivity index (χ1n) is 8.20. The summed E-state index contributed by atoms with van der Waals surface area (Å²) in [5.74, 6) is 0. The van der Waals surface area contributed by atoms with Crippen LogP contribution in [0.5, 0.6) is 0 Å². The first kappa shape index (κ1) is 16.6. The van der Waals surface area contributed by atoms with Gasteiger partial charge >= 0.3 is 6.09 Å². The molecule has 21 heavy (non-hydrogen) atoms. The zero-order valence-corrected chi connectivity index (χ0v) is 13.8. The first-order valence-corrected chi connectivity index (χ1v) is 8.20. The highest BCUT2D eigenvalue weighted by atomic mass is 16.6. The summed E-state index contributed by atoms with van der Waals surface area (Å²) in [4.78, 5) is 11.8. The Kier molecular flexibility index (Phi) is 5.49. The van der Waals surface area contributed by atoms with Crippen molar-refractivity contribution in [1.29, 1.82) is 0 Å². The molecule has 2 fully saturated rings. The maximum Gasteiger partial charge on any atom is 0.407 e. The molecule has 4 unspecified atom stereocenters. The number of alkyl carbamates (subject to hydrolysis) is 1. The largest absolute Gasteiger partial charge is 0.444 e. The van der Waals surface area contributed by atoms with Gasteiger partial charge in [0.1, 0.15) is 5.60 Å². The molecule has 1 saturated carbocycles. The Labute approximate surface area is 128 Å². The molecule has 0 bridgehead atoms. The van der Waals surface area contributed by atoms with E-state index < -0.39 is 5.60 Å². The molecule has 1 heterocycles. The normalized spacial score (nSPS) is 31.1. The lowest BCUT2D eigenvalue weighted by Crippen LogP contribution is -2.43. The third-order valence-electron chi connectivity index (χ3n) is 4.17. The van der Waals surface area contributed by atoms with Crippen LogP contribution in [-0.4, -0.2) is 42.5 Å². The Morgan fingerprint density at radius 3 is 2.57 bits per heavy atom. The van der Waals surface area contributed by atoms with Crippen molar-refractivity contribution in [3.8, 4) is 0 Å². The van der Waals surface area contributed by atoms with Crippen molar-refractivity contribution in [2.75, 3.05) is 6.61 Å². The molecule has 122 valence electrons. The SMILES string of the molecule is CC(NC1CCC(NC(=O)OC(C)(C)C)C1)C1CCCO1. The molecule has 0 aromatic heterocycles. The summed E-state index contributed by atoms with van der Waals surface area (Å²) in [5, 5.41) is 6.63. The molecule has 4 atom stereocenters. The van der Waals surface area contributed by atoms with Crippen molar-refractivity contribution >= 4 is 6.09 Å². The Bertz CT molecular complexity index is 348. The number of amides is 1. The topological polar surface area (TPSA) is 59.6 Å². The third-order valence-corrected chi connectivity index (χ3v) is 4.17. The minimum absolute atomic E-state index is 0.217. The van der Waals surface area contributed by atoms with Crippen molar-refractivity contribution in [1.82, 2.24) is 10.6 Å². The molecular formula is C16H30N2O3. The van der Waals surface area contributed by atoms with Crippen LogP contribution >= 0.6 is 0 Å². The number of ether oxygens (including phenoxy) is 2. The van der Waals surface area contributed by atoms with Gasteiger partial charge in [0, 0.05) is 24.7 Å². The Hall–Kier alpha value is -0.810. The molecule has 2 N–H and O–H groups in total. The van der Waals surface area contributed by atoms with Gasteiger partial charge < -0.3 is 20.1 Å². The summed E-state index contributed by atoms with van der Waals surface area (Å²) in [6.07, 6.45) is 5.44. The summed E-state index contributed by atoms with van der Waals surface area (Å²) < 4.78 is 11.0. The van der Waals surface area contributed by atoms with E-state index in [4.69, 9.17) is 9.47 Å². The Morgan fingerprint density at radius 2 is 1.95 bits per heavy atom. The van der Waals surface area contributed by atoms with Gasteiger partial charge in [0.2, 0.25) is 0 Å². The van der Waals surface area contributed by atoms with Gasteiger partial charge in [-0.25, -0.2) is 4.79 Å². The molecule has 2 rings (SSSR count). The average Bonchev–Trinajstić information content (AvgIpc) is 2.97. The molecule has 0 aromatic carbocycles. The van der Waals surface area contributed by atoms with Crippen LogP contribution in [0.2, 0.25) is 0 Å². The van der Waals surface area contributed by atoms with E-state index in [1.807, 2.05) is 20.8 Å². The molecule has 2 aliphatic rings. The van der Waals surface area contributed by atoms with Gasteiger partial charge in [-0.15, -0.1) is 0 Å². The standard InChI is InChI=1S/C16H30N2O3/c1-11(14-6-5-9-20-14)17-12-7-8-13(10-12)18-15(19)21-16(2,3)4/h11-14,17H,5-10H2,1-4H3,(H,18,19). The minimum atomic E-state index is -0.436. The molecule has 1 aliphatic heterocycles. The number of carbonyl (C=O) groups excluding carboxylic acids is 1. The van der Waals surface area contributed by atoms with Gasteiger partial charge in [0.05, 0.1) is 6.10 Å². The van der Waals surface area contributed by atoms with Crippen LogP contribution in [0.4, 0.5) is 4.79 Å². The number of nitrogens with one attached hydrogen (secondary N) is 2. The highest BCUT2D eigenvalue weighted by Crippen LogP contribution is 2.22. The van der Waals surface area contributed by atoms with E-state index >= 15 is 0 Å². The molecule has 1 amide bonds. The fraction of sp³-hybridized carbons (Fsp3) is 0.938. The zero-order valence-electron chi connectivity index (χ0n) is 13.8. The van der Waals surface area contributed by atoms with Crippen LogP contribution in [0, 0.1) is 0 Å². The van der Waals surface area contributed by atoms with Gasteiger partial charge in [0.15, 0.2) is 0 Å². The van der Waals surface area contributed by atoms with Crippen LogP contribution < -0.4 is 10.6 Å². The highest BCUT2D eigenvalue weighted by molar-refractivity contribution is 5.68. The lowest BCUT2D eigenvalue weighted by molar-refractivity contribution is 0.0504. The van der Waals surface area contributed by atoms with E-state index in [1.165, 1.54) is 6.42 Å². The molecule has 5 nitrogen and oxygen atoms in total. The zero-order chi connectivity index (χ0) is 15.5. The van der Waals surface area contributed by atoms with Crippen molar-refractivity contribution in [2.24, 2.45) is 0 Å². The van der Waals surface area contributed by atoms with Gasteiger partial charge in [-0.1, -0.05) is 0 Å². The van der Waals surface area contributed by atoms with E-state index in [0.29, 0.717) is 18.2 Å². The number of rotatable bonds is 4. The third kappa shape index (κ3) is 5.47. The summed E-state index contributed by atoms with van der Waals surface area (Å²) in [7, 11) is 0. The average molecular weight is 298 g/mol. The van der Waals surface area contributed by atoms with Crippen molar-refractivity contribution < 1.29 is 14.3 Å². The molecule has 1 saturated heterocycles. The predicted octanol–water partition coefficient (Wildman–Crippen LogP) is 2.59. The molecule has 0 aromatic rings. The smallest absolute Gasteiger partial charge is 0.407 e. The van der Waals surface area contributed by atoms with Gasteiger partial charge in [-0.3, -0.25) is 0 Å². The lowest BCUT2D eigenvalue weighted by Gasteiger charge is -2.24. The Balaban J connectivity index is 1.69. The summed E-state index contributed by atoms with van der Waals surface area (Å²) in [6, 6.07) is 1.07. The van der Waals surface area contributed by atoms with E-state index in [1.54, 1.807) is 0 Å². The second kappa shape index (κ2) is 6.97. The van der Waals surface area contributed by atoms with Crippen LogP contribution in [0.3, 0.4) is 0 Å². The highest BCUT2D eigenvalue weighted by Gasteiger charge is 2.30. The quantitative estimate of drug-likeness (QED) is 0.837. The first-order chi connectivity index (χ1) is 9.83. The second-order valence-corrected chi connectivity index (χ2v) is 7.36. The predicted molar refractivity (Wildman–Crippen MR) is 82.4 cm³/mol. The molecule has 0 spiro atoms. The minimum Gasteiger partial charge on any atom is -0.444 e. The number of hydrogen-bond donors (Lipinski definition) is 2. The molecule has 5 heteroatoms. The van der Waals surface area contributed by atoms with Crippen LogP contribution in [0.1, 0.15) is 59.8 Å². The van der Waals surface area contributed by atoms with E-state index in [-0.39, 0.29) is 12.1 Å². The summed E-state index contributed by atoms with van der Waals surface area (Å²) in [5.41, 5.74) is -0.436.